The minimum Gasteiger partial charge on any atom is -0.466 e. The Morgan fingerprint density at radius 1 is 0.963 bits per heavy atom. The van der Waals surface area contributed by atoms with E-state index in [2.05, 4.69) is 39.9 Å². The van der Waals surface area contributed by atoms with Gasteiger partial charge in [0.25, 0.3) is 0 Å². The highest BCUT2D eigenvalue weighted by atomic mass is 16.5. The van der Waals surface area contributed by atoms with Crippen LogP contribution in [0.1, 0.15) is 18.3 Å². The Morgan fingerprint density at radius 2 is 1.56 bits per heavy atom. The molecule has 0 amide bonds. The van der Waals surface area contributed by atoms with Gasteiger partial charge in [-0.3, -0.25) is 4.79 Å². The van der Waals surface area contributed by atoms with Crippen molar-refractivity contribution in [1.29, 1.82) is 0 Å². The van der Waals surface area contributed by atoms with Crippen LogP contribution in [0.5, 0.6) is 0 Å². The number of nitrogens with one attached hydrogen (secondary N) is 2. The van der Waals surface area contributed by atoms with Crippen molar-refractivity contribution < 1.29 is 14.6 Å². The molecule has 0 saturated heterocycles. The van der Waals surface area contributed by atoms with Crippen LogP contribution in [-0.4, -0.2) is 64.2 Å². The molecule has 0 saturated carbocycles. The van der Waals surface area contributed by atoms with Crippen LogP contribution in [0, 0.1) is 0 Å². The van der Waals surface area contributed by atoms with Gasteiger partial charge in [0.2, 0.25) is 0 Å². The topological polar surface area (TPSA) is 155 Å². The van der Waals surface area contributed by atoms with E-state index in [1.54, 1.807) is 13.3 Å². The zero-order chi connectivity index (χ0) is 19.1. The normalized spacial score (nSPS) is 10.6. The number of nitrogens with zero attached hydrogens (tertiary/aromatic N) is 6. The number of aliphatic hydroxyl groups is 1. The Hall–Kier alpha value is -3.47. The van der Waals surface area contributed by atoms with Crippen molar-refractivity contribution in [3.63, 3.8) is 0 Å². The lowest BCUT2D eigenvalue weighted by Crippen LogP contribution is -2.09. The van der Waals surface area contributed by atoms with Gasteiger partial charge in [-0.05, 0) is 6.92 Å². The quantitative estimate of drug-likeness (QED) is 0.422. The standard InChI is InChI=1S/C9H10N4O2.C7H8N4O/c1-2-15-7(14)3-6-8-9(12-4-10-6)13-5-11-8;12-2-1-5-6-7(10-3-8-5)11-4-9-6/h4-5H,2-3H2,1H3,(H,10,11,12,13);3-4,12H,1-2H2,(H,8,9,10,11). The molecule has 0 atom stereocenters. The van der Waals surface area contributed by atoms with Crippen LogP contribution >= 0.6 is 0 Å². The number of hydrogen-bond donors (Lipinski definition) is 3. The smallest absolute Gasteiger partial charge is 0.311 e. The summed E-state index contributed by atoms with van der Waals surface area (Å²) in [5, 5.41) is 8.72. The fourth-order valence-electron chi connectivity index (χ4n) is 2.41. The number of fused-ring (bicyclic) bond motifs is 2. The average molecular weight is 370 g/mol. The van der Waals surface area contributed by atoms with Crippen LogP contribution in [0.2, 0.25) is 0 Å². The number of ether oxygens (including phenoxy) is 1. The van der Waals surface area contributed by atoms with Crippen LogP contribution < -0.4 is 0 Å². The number of hydrogen-bond acceptors (Lipinski definition) is 9. The summed E-state index contributed by atoms with van der Waals surface area (Å²) in [4.78, 5) is 41.0. The van der Waals surface area contributed by atoms with Gasteiger partial charge in [-0.1, -0.05) is 0 Å². The van der Waals surface area contributed by atoms with Crippen molar-refractivity contribution in [2.75, 3.05) is 13.2 Å². The number of imidazole rings is 2. The number of esters is 1. The van der Waals surface area contributed by atoms with Gasteiger partial charge in [-0.25, -0.2) is 29.9 Å². The Balaban J connectivity index is 0.000000159. The minimum atomic E-state index is -0.299. The van der Waals surface area contributed by atoms with Gasteiger partial charge < -0.3 is 19.8 Å². The van der Waals surface area contributed by atoms with E-state index in [1.807, 2.05) is 0 Å². The molecule has 0 aliphatic heterocycles. The Bertz CT molecular complexity index is 1030. The summed E-state index contributed by atoms with van der Waals surface area (Å²) in [7, 11) is 0. The number of aliphatic hydroxyl groups excluding tert-OH is 1. The highest BCUT2D eigenvalue weighted by molar-refractivity contribution is 5.79. The molecule has 0 aliphatic rings. The van der Waals surface area contributed by atoms with Crippen molar-refractivity contribution in [3.05, 3.63) is 36.7 Å². The zero-order valence-electron chi connectivity index (χ0n) is 14.6. The van der Waals surface area contributed by atoms with Gasteiger partial charge in [0, 0.05) is 13.0 Å². The van der Waals surface area contributed by atoms with Crippen molar-refractivity contribution in [2.45, 2.75) is 19.8 Å². The van der Waals surface area contributed by atoms with E-state index < -0.39 is 0 Å². The molecule has 27 heavy (non-hydrogen) atoms. The molecule has 0 bridgehead atoms. The highest BCUT2D eigenvalue weighted by Gasteiger charge is 2.10. The third-order valence-corrected chi connectivity index (χ3v) is 3.57. The summed E-state index contributed by atoms with van der Waals surface area (Å²) >= 11 is 0. The van der Waals surface area contributed by atoms with E-state index in [-0.39, 0.29) is 19.0 Å². The lowest BCUT2D eigenvalue weighted by atomic mass is 10.3. The first-order chi connectivity index (χ1) is 13.2. The minimum absolute atomic E-state index is 0.0884. The van der Waals surface area contributed by atoms with Gasteiger partial charge in [-0.2, -0.15) is 0 Å². The molecule has 0 aromatic carbocycles. The molecule has 4 rings (SSSR count). The van der Waals surface area contributed by atoms with Crippen LogP contribution in [0.25, 0.3) is 22.3 Å². The molecule has 4 aromatic rings. The maximum Gasteiger partial charge on any atom is 0.311 e. The summed E-state index contributed by atoms with van der Waals surface area (Å²) in [5.74, 6) is -0.299. The van der Waals surface area contributed by atoms with Gasteiger partial charge in [-0.15, -0.1) is 0 Å². The lowest BCUT2D eigenvalue weighted by Gasteiger charge is -2.01. The highest BCUT2D eigenvalue weighted by Crippen LogP contribution is 2.10. The maximum atomic E-state index is 11.3. The maximum absolute atomic E-state index is 11.3. The van der Waals surface area contributed by atoms with E-state index in [9.17, 15) is 4.79 Å². The molecule has 140 valence electrons. The van der Waals surface area contributed by atoms with E-state index in [4.69, 9.17) is 9.84 Å². The predicted molar refractivity (Wildman–Crippen MR) is 94.5 cm³/mol. The molecule has 0 fully saturated rings. The van der Waals surface area contributed by atoms with Crippen molar-refractivity contribution >= 4 is 28.3 Å². The predicted octanol–water partition coefficient (Wildman–Crippen LogP) is 0.346. The first-order valence-corrected chi connectivity index (χ1v) is 8.25. The molecular weight excluding hydrogens is 352 g/mol. The SMILES string of the molecule is CCOC(=O)Cc1ncnc2nc[nH]c12.OCCc1ncnc2nc[nH]c12. The second-order valence-corrected chi connectivity index (χ2v) is 5.30. The lowest BCUT2D eigenvalue weighted by molar-refractivity contribution is -0.142. The Kier molecular flexibility index (Phi) is 5.94. The molecule has 4 heterocycles. The van der Waals surface area contributed by atoms with Crippen molar-refractivity contribution in [2.24, 2.45) is 0 Å². The van der Waals surface area contributed by atoms with Gasteiger partial charge >= 0.3 is 5.97 Å². The Morgan fingerprint density at radius 3 is 2.15 bits per heavy atom. The fourth-order valence-corrected chi connectivity index (χ4v) is 2.41. The summed E-state index contributed by atoms with van der Waals surface area (Å²) in [6.07, 6.45) is 6.59. The van der Waals surface area contributed by atoms with E-state index in [0.29, 0.717) is 35.5 Å². The third-order valence-electron chi connectivity index (χ3n) is 3.57. The first kappa shape index (κ1) is 18.3. The molecule has 4 aromatic heterocycles. The molecule has 0 radical (unpaired) electrons. The number of carbonyl (C=O) groups is 1. The average Bonchev–Trinajstić information content (AvgIpc) is 3.33. The third kappa shape index (κ3) is 4.39. The molecule has 11 heteroatoms. The van der Waals surface area contributed by atoms with Crippen LogP contribution in [0.4, 0.5) is 0 Å². The van der Waals surface area contributed by atoms with Crippen molar-refractivity contribution in [3.8, 4) is 0 Å². The summed E-state index contributed by atoms with van der Waals surface area (Å²) < 4.78 is 4.84. The molecule has 0 aliphatic carbocycles. The first-order valence-electron chi connectivity index (χ1n) is 8.25. The largest absolute Gasteiger partial charge is 0.466 e. The van der Waals surface area contributed by atoms with E-state index in [1.165, 1.54) is 19.0 Å². The van der Waals surface area contributed by atoms with Crippen molar-refractivity contribution in [1.82, 2.24) is 39.9 Å². The number of H-pyrrole nitrogens is 2. The van der Waals surface area contributed by atoms with Crippen LogP contribution in [0.15, 0.2) is 25.3 Å². The molecule has 0 unspecified atom stereocenters. The number of rotatable bonds is 5. The van der Waals surface area contributed by atoms with E-state index >= 15 is 0 Å². The fraction of sp³-hybridized carbons (Fsp3) is 0.312. The zero-order valence-corrected chi connectivity index (χ0v) is 14.6. The van der Waals surface area contributed by atoms with Gasteiger partial charge in [0.05, 0.1) is 37.1 Å². The molecule has 11 nitrogen and oxygen atoms in total. The van der Waals surface area contributed by atoms with Crippen LogP contribution in [0.3, 0.4) is 0 Å². The molecule has 3 N–H and O–H groups in total. The summed E-state index contributed by atoms with van der Waals surface area (Å²) in [6.45, 7) is 2.23. The number of aromatic nitrogens is 8. The molecular formula is C16H18N8O3. The molecule has 0 spiro atoms. The Labute approximate surface area is 153 Å². The monoisotopic (exact) mass is 370 g/mol. The summed E-state index contributed by atoms with van der Waals surface area (Å²) in [6, 6.07) is 0. The summed E-state index contributed by atoms with van der Waals surface area (Å²) in [5.41, 5.74) is 4.12. The van der Waals surface area contributed by atoms with Gasteiger partial charge in [0.15, 0.2) is 11.3 Å². The number of carbonyl (C=O) groups excluding carboxylic acids is 1. The van der Waals surface area contributed by atoms with Gasteiger partial charge in [0.1, 0.15) is 23.7 Å². The van der Waals surface area contributed by atoms with E-state index in [0.717, 1.165) is 11.2 Å². The second kappa shape index (κ2) is 8.76. The second-order valence-electron chi connectivity index (χ2n) is 5.30. The van der Waals surface area contributed by atoms with Crippen LogP contribution in [-0.2, 0) is 22.4 Å². The number of aromatic amines is 2.